The Labute approximate surface area is 135 Å². The summed E-state index contributed by atoms with van der Waals surface area (Å²) in [5, 5.41) is 14.4. The smallest absolute Gasteiger partial charge is 0.223 e. The van der Waals surface area contributed by atoms with E-state index in [2.05, 4.69) is 35.6 Å². The highest BCUT2D eigenvalue weighted by atomic mass is 35.5. The molecule has 0 aliphatic carbocycles. The van der Waals surface area contributed by atoms with E-state index in [4.69, 9.17) is 11.6 Å². The molecular weight excluding hydrogens is 314 g/mol. The zero-order valence-electron chi connectivity index (χ0n) is 11.7. The van der Waals surface area contributed by atoms with Gasteiger partial charge in [0, 0.05) is 23.0 Å². The van der Waals surface area contributed by atoms with Crippen LogP contribution in [0, 0.1) is 0 Å². The molecule has 112 valence electrons. The van der Waals surface area contributed by atoms with Crippen LogP contribution in [0.4, 0.5) is 0 Å². The second kappa shape index (κ2) is 5.62. The van der Waals surface area contributed by atoms with Crippen molar-refractivity contribution in [3.8, 4) is 34.0 Å². The highest BCUT2D eigenvalue weighted by Crippen LogP contribution is 2.31. The van der Waals surface area contributed by atoms with E-state index in [1.165, 1.54) is 6.33 Å². The molecule has 0 amide bonds. The van der Waals surface area contributed by atoms with Crippen LogP contribution in [-0.4, -0.2) is 35.6 Å². The molecule has 8 heteroatoms. The van der Waals surface area contributed by atoms with Crippen molar-refractivity contribution in [3.05, 3.63) is 53.9 Å². The fraction of sp³-hybridized carbons (Fsp3) is 0. The number of halogens is 1. The number of hydrogen-bond donors (Lipinski definition) is 2. The van der Waals surface area contributed by atoms with Gasteiger partial charge in [-0.1, -0.05) is 23.7 Å². The van der Waals surface area contributed by atoms with Gasteiger partial charge in [-0.25, -0.2) is 9.97 Å². The third-order valence-corrected chi connectivity index (χ3v) is 3.71. The minimum atomic E-state index is 0.419. The van der Waals surface area contributed by atoms with Crippen LogP contribution < -0.4 is 0 Å². The van der Waals surface area contributed by atoms with Gasteiger partial charge in [0.2, 0.25) is 5.82 Å². The molecule has 0 saturated heterocycles. The minimum Gasteiger partial charge on any atom is -0.361 e. The zero-order chi connectivity index (χ0) is 15.6. The number of nitrogens with one attached hydrogen (secondary N) is 2. The van der Waals surface area contributed by atoms with Crippen molar-refractivity contribution in [1.29, 1.82) is 0 Å². The van der Waals surface area contributed by atoms with Crippen LogP contribution in [0.2, 0.25) is 5.02 Å². The molecule has 0 aliphatic heterocycles. The van der Waals surface area contributed by atoms with E-state index in [1.807, 2.05) is 36.5 Å². The Morgan fingerprint density at radius 2 is 1.91 bits per heavy atom. The Balaban J connectivity index is 1.74. The molecule has 0 radical (unpaired) electrons. The van der Waals surface area contributed by atoms with Crippen molar-refractivity contribution in [2.45, 2.75) is 0 Å². The number of H-pyrrole nitrogens is 2. The average Bonchev–Trinajstić information content (AvgIpc) is 3.28. The monoisotopic (exact) mass is 323 g/mol. The van der Waals surface area contributed by atoms with Gasteiger partial charge in [0.1, 0.15) is 12.0 Å². The molecule has 3 heterocycles. The van der Waals surface area contributed by atoms with Gasteiger partial charge in [0.25, 0.3) is 0 Å². The van der Waals surface area contributed by atoms with E-state index in [0.717, 1.165) is 22.5 Å². The van der Waals surface area contributed by atoms with E-state index >= 15 is 0 Å². The van der Waals surface area contributed by atoms with Crippen LogP contribution in [-0.2, 0) is 0 Å². The summed E-state index contributed by atoms with van der Waals surface area (Å²) in [6, 6.07) is 11.5. The predicted molar refractivity (Wildman–Crippen MR) is 85.4 cm³/mol. The van der Waals surface area contributed by atoms with Gasteiger partial charge in [0.05, 0.1) is 10.7 Å². The standard InChI is InChI=1S/C15H10ClN7/c16-11-6-9(3-4-10(11)12-2-1-5-17-12)13-7-14(19-8-18-13)15-20-22-23-21-15/h1-8,17H,(H,20,21,22,23). The normalized spacial score (nSPS) is 10.8. The predicted octanol–water partition coefficient (Wildman–Crippen LogP) is 2.97. The molecule has 0 aliphatic rings. The first-order valence-corrected chi connectivity index (χ1v) is 7.18. The molecule has 0 unspecified atom stereocenters. The SMILES string of the molecule is Clc1cc(-c2cc(-c3nn[nH]n3)ncn2)ccc1-c1ccc[nH]1. The summed E-state index contributed by atoms with van der Waals surface area (Å²) >= 11 is 6.41. The van der Waals surface area contributed by atoms with Gasteiger partial charge in [0.15, 0.2) is 0 Å². The molecule has 1 aromatic carbocycles. The number of benzene rings is 1. The molecule has 0 atom stereocenters. The van der Waals surface area contributed by atoms with Crippen molar-refractivity contribution >= 4 is 11.6 Å². The van der Waals surface area contributed by atoms with Crippen LogP contribution in [0.25, 0.3) is 34.0 Å². The molecule has 7 nitrogen and oxygen atoms in total. The summed E-state index contributed by atoms with van der Waals surface area (Å²) in [5.41, 5.74) is 4.12. The molecular formula is C15H10ClN7. The number of aromatic nitrogens is 7. The van der Waals surface area contributed by atoms with Crippen molar-refractivity contribution in [2.24, 2.45) is 0 Å². The summed E-state index contributed by atoms with van der Waals surface area (Å²) in [7, 11) is 0. The number of hydrogen-bond acceptors (Lipinski definition) is 5. The van der Waals surface area contributed by atoms with E-state index in [1.54, 1.807) is 6.07 Å². The first-order valence-electron chi connectivity index (χ1n) is 6.81. The van der Waals surface area contributed by atoms with Crippen molar-refractivity contribution < 1.29 is 0 Å². The lowest BCUT2D eigenvalue weighted by molar-refractivity contribution is 0.881. The summed E-state index contributed by atoms with van der Waals surface area (Å²) in [4.78, 5) is 11.6. The molecule has 4 aromatic rings. The Morgan fingerprint density at radius 3 is 2.65 bits per heavy atom. The maximum absolute atomic E-state index is 6.41. The molecule has 23 heavy (non-hydrogen) atoms. The number of rotatable bonds is 3. The lowest BCUT2D eigenvalue weighted by Crippen LogP contribution is -1.91. The molecule has 2 N–H and O–H groups in total. The second-order valence-electron chi connectivity index (χ2n) is 4.80. The molecule has 0 spiro atoms. The summed E-state index contributed by atoms with van der Waals surface area (Å²) in [5.74, 6) is 0.419. The first-order chi connectivity index (χ1) is 11.3. The third kappa shape index (κ3) is 2.58. The van der Waals surface area contributed by atoms with Gasteiger partial charge in [-0.2, -0.15) is 5.21 Å². The van der Waals surface area contributed by atoms with Crippen LogP contribution in [0.5, 0.6) is 0 Å². The van der Waals surface area contributed by atoms with Gasteiger partial charge in [-0.3, -0.25) is 0 Å². The fourth-order valence-corrected chi connectivity index (χ4v) is 2.58. The zero-order valence-corrected chi connectivity index (χ0v) is 12.5. The lowest BCUT2D eigenvalue weighted by Gasteiger charge is -2.06. The number of aromatic amines is 2. The average molecular weight is 324 g/mol. The van der Waals surface area contributed by atoms with Gasteiger partial charge in [-0.15, -0.1) is 10.2 Å². The molecule has 4 rings (SSSR count). The Morgan fingerprint density at radius 1 is 1.00 bits per heavy atom. The summed E-state index contributed by atoms with van der Waals surface area (Å²) in [6.45, 7) is 0. The van der Waals surface area contributed by atoms with Crippen LogP contribution in [0.3, 0.4) is 0 Å². The van der Waals surface area contributed by atoms with E-state index < -0.39 is 0 Å². The highest BCUT2D eigenvalue weighted by Gasteiger charge is 2.10. The molecule has 0 saturated carbocycles. The maximum Gasteiger partial charge on any atom is 0.223 e. The molecule has 0 fully saturated rings. The van der Waals surface area contributed by atoms with Crippen molar-refractivity contribution in [1.82, 2.24) is 35.6 Å². The van der Waals surface area contributed by atoms with Gasteiger partial charge < -0.3 is 4.98 Å². The lowest BCUT2D eigenvalue weighted by atomic mass is 10.1. The van der Waals surface area contributed by atoms with E-state index in [0.29, 0.717) is 16.5 Å². The summed E-state index contributed by atoms with van der Waals surface area (Å²) in [6.07, 6.45) is 3.33. The molecule has 0 bridgehead atoms. The largest absolute Gasteiger partial charge is 0.361 e. The van der Waals surface area contributed by atoms with Crippen LogP contribution >= 0.6 is 11.6 Å². The second-order valence-corrected chi connectivity index (χ2v) is 5.21. The molecule has 3 aromatic heterocycles. The number of nitrogens with zero attached hydrogens (tertiary/aromatic N) is 5. The maximum atomic E-state index is 6.41. The van der Waals surface area contributed by atoms with Gasteiger partial charge >= 0.3 is 0 Å². The minimum absolute atomic E-state index is 0.419. The Bertz CT molecular complexity index is 932. The fourth-order valence-electron chi connectivity index (χ4n) is 2.30. The number of tetrazole rings is 1. The van der Waals surface area contributed by atoms with Crippen LogP contribution in [0.1, 0.15) is 0 Å². The van der Waals surface area contributed by atoms with Crippen molar-refractivity contribution in [3.63, 3.8) is 0 Å². The quantitative estimate of drug-likeness (QED) is 0.604. The van der Waals surface area contributed by atoms with Crippen molar-refractivity contribution in [2.75, 3.05) is 0 Å². The van der Waals surface area contributed by atoms with Crippen LogP contribution in [0.15, 0.2) is 48.9 Å². The Kier molecular flexibility index (Phi) is 3.32. The van der Waals surface area contributed by atoms with E-state index in [9.17, 15) is 0 Å². The van der Waals surface area contributed by atoms with Gasteiger partial charge in [-0.05, 0) is 29.5 Å². The topological polar surface area (TPSA) is 96.0 Å². The van der Waals surface area contributed by atoms with E-state index in [-0.39, 0.29) is 0 Å². The highest BCUT2D eigenvalue weighted by molar-refractivity contribution is 6.33. The first kappa shape index (κ1) is 13.6. The third-order valence-electron chi connectivity index (χ3n) is 3.39. The Hall–Kier alpha value is -3.06. The summed E-state index contributed by atoms with van der Waals surface area (Å²) < 4.78 is 0.